The maximum absolute atomic E-state index is 5.82. The molecule has 2 saturated carbocycles. The molecule has 0 spiro atoms. The summed E-state index contributed by atoms with van der Waals surface area (Å²) in [5, 5.41) is 4.95. The van der Waals surface area contributed by atoms with Gasteiger partial charge in [-0.05, 0) is 50.0 Å². The van der Waals surface area contributed by atoms with E-state index in [1.165, 1.54) is 43.2 Å². The lowest BCUT2D eigenvalue weighted by atomic mass is 10.0. The van der Waals surface area contributed by atoms with Crippen LogP contribution in [0.4, 0.5) is 0 Å². The van der Waals surface area contributed by atoms with Crippen LogP contribution in [0.1, 0.15) is 37.0 Å². The van der Waals surface area contributed by atoms with Crippen LogP contribution in [0.15, 0.2) is 28.7 Å². The Morgan fingerprint density at radius 2 is 2.05 bits per heavy atom. The van der Waals surface area contributed by atoms with Gasteiger partial charge in [-0.25, -0.2) is 0 Å². The standard InChI is InChI=1S/C17H21NO/c1-12-15(14-4-2-3-5-16(14)19-12)10-18-11-17(8-9-17)13-6-7-13/h2-5,13,18H,6-11H2,1H3. The van der Waals surface area contributed by atoms with Crippen LogP contribution >= 0.6 is 0 Å². The number of furan rings is 1. The summed E-state index contributed by atoms with van der Waals surface area (Å²) in [6, 6.07) is 8.34. The summed E-state index contributed by atoms with van der Waals surface area (Å²) in [5.74, 6) is 2.09. The molecule has 0 amide bonds. The van der Waals surface area contributed by atoms with Crippen molar-refractivity contribution in [3.63, 3.8) is 0 Å². The SMILES string of the molecule is Cc1oc2ccccc2c1CNCC1(C2CC2)CC1. The predicted octanol–water partition coefficient (Wildman–Crippen LogP) is 4.02. The van der Waals surface area contributed by atoms with Crippen molar-refractivity contribution in [3.05, 3.63) is 35.6 Å². The van der Waals surface area contributed by atoms with Crippen LogP contribution < -0.4 is 5.32 Å². The first-order valence-corrected chi connectivity index (χ1v) is 7.46. The highest BCUT2D eigenvalue weighted by Crippen LogP contribution is 2.60. The molecule has 0 unspecified atom stereocenters. The summed E-state index contributed by atoms with van der Waals surface area (Å²) in [7, 11) is 0. The molecule has 2 aliphatic rings. The molecule has 100 valence electrons. The van der Waals surface area contributed by atoms with Gasteiger partial charge in [-0.15, -0.1) is 0 Å². The van der Waals surface area contributed by atoms with Crippen molar-refractivity contribution in [2.75, 3.05) is 6.54 Å². The van der Waals surface area contributed by atoms with E-state index >= 15 is 0 Å². The Morgan fingerprint density at radius 3 is 2.79 bits per heavy atom. The zero-order valence-electron chi connectivity index (χ0n) is 11.5. The molecule has 1 aromatic carbocycles. The summed E-state index contributed by atoms with van der Waals surface area (Å²) in [6.07, 6.45) is 5.82. The molecule has 2 fully saturated rings. The van der Waals surface area contributed by atoms with E-state index < -0.39 is 0 Å². The first-order chi connectivity index (χ1) is 9.28. The monoisotopic (exact) mass is 255 g/mol. The molecule has 0 radical (unpaired) electrons. The molecule has 2 aliphatic carbocycles. The average molecular weight is 255 g/mol. The molecule has 2 nitrogen and oxygen atoms in total. The van der Waals surface area contributed by atoms with E-state index in [1.54, 1.807) is 0 Å². The summed E-state index contributed by atoms with van der Waals surface area (Å²) >= 11 is 0. The van der Waals surface area contributed by atoms with Gasteiger partial charge >= 0.3 is 0 Å². The van der Waals surface area contributed by atoms with Crippen molar-refractivity contribution in [2.24, 2.45) is 11.3 Å². The second kappa shape index (κ2) is 4.11. The number of para-hydroxylation sites is 1. The fourth-order valence-corrected chi connectivity index (χ4v) is 3.46. The average Bonchev–Trinajstić information content (AvgIpc) is 3.29. The number of hydrogen-bond donors (Lipinski definition) is 1. The van der Waals surface area contributed by atoms with E-state index in [9.17, 15) is 0 Å². The van der Waals surface area contributed by atoms with E-state index in [-0.39, 0.29) is 0 Å². The van der Waals surface area contributed by atoms with Gasteiger partial charge in [0.05, 0.1) is 0 Å². The van der Waals surface area contributed by atoms with Crippen molar-refractivity contribution in [2.45, 2.75) is 39.2 Å². The molecule has 4 rings (SSSR count). The van der Waals surface area contributed by atoms with Crippen LogP contribution in [0.2, 0.25) is 0 Å². The molecule has 0 atom stereocenters. The third-order valence-corrected chi connectivity index (χ3v) is 5.01. The minimum atomic E-state index is 0.674. The summed E-state index contributed by atoms with van der Waals surface area (Å²) in [5.41, 5.74) is 3.02. The predicted molar refractivity (Wildman–Crippen MR) is 77.0 cm³/mol. The van der Waals surface area contributed by atoms with E-state index in [1.807, 2.05) is 6.07 Å². The zero-order valence-corrected chi connectivity index (χ0v) is 11.5. The van der Waals surface area contributed by atoms with E-state index in [0.29, 0.717) is 5.41 Å². The van der Waals surface area contributed by atoms with Gasteiger partial charge in [0, 0.05) is 24.0 Å². The molecule has 1 heterocycles. The second-order valence-electron chi connectivity index (χ2n) is 6.37. The smallest absolute Gasteiger partial charge is 0.134 e. The highest BCUT2D eigenvalue weighted by atomic mass is 16.3. The Kier molecular flexibility index (Phi) is 2.49. The summed E-state index contributed by atoms with van der Waals surface area (Å²) < 4.78 is 5.82. The van der Waals surface area contributed by atoms with E-state index in [2.05, 4.69) is 30.4 Å². The van der Waals surface area contributed by atoms with Crippen molar-refractivity contribution < 1.29 is 4.42 Å². The third-order valence-electron chi connectivity index (χ3n) is 5.01. The second-order valence-corrected chi connectivity index (χ2v) is 6.37. The van der Waals surface area contributed by atoms with E-state index in [0.717, 1.165) is 23.8 Å². The van der Waals surface area contributed by atoms with Crippen LogP contribution in [-0.4, -0.2) is 6.54 Å². The lowest BCUT2D eigenvalue weighted by Gasteiger charge is -2.14. The van der Waals surface area contributed by atoms with Crippen molar-refractivity contribution in [1.29, 1.82) is 0 Å². The molecular weight excluding hydrogens is 234 g/mol. The Balaban J connectivity index is 1.47. The Bertz CT molecular complexity index is 605. The fourth-order valence-electron chi connectivity index (χ4n) is 3.46. The minimum absolute atomic E-state index is 0.674. The van der Waals surface area contributed by atoms with Crippen LogP contribution in [0.5, 0.6) is 0 Å². The lowest BCUT2D eigenvalue weighted by Crippen LogP contribution is -2.25. The number of aryl methyl sites for hydroxylation is 1. The Hall–Kier alpha value is -1.28. The van der Waals surface area contributed by atoms with Crippen LogP contribution in [-0.2, 0) is 6.54 Å². The van der Waals surface area contributed by atoms with Crippen molar-refractivity contribution >= 4 is 11.0 Å². The molecule has 1 aromatic heterocycles. The van der Waals surface area contributed by atoms with E-state index in [4.69, 9.17) is 4.42 Å². The molecule has 0 bridgehead atoms. The molecule has 19 heavy (non-hydrogen) atoms. The van der Waals surface area contributed by atoms with Gasteiger partial charge < -0.3 is 9.73 Å². The van der Waals surface area contributed by atoms with Gasteiger partial charge in [0.15, 0.2) is 0 Å². The van der Waals surface area contributed by atoms with Gasteiger partial charge in [0.2, 0.25) is 0 Å². The first-order valence-electron chi connectivity index (χ1n) is 7.46. The fraction of sp³-hybridized carbons (Fsp3) is 0.529. The zero-order chi connectivity index (χ0) is 12.9. The van der Waals surface area contributed by atoms with Gasteiger partial charge in [0.25, 0.3) is 0 Å². The molecule has 0 saturated heterocycles. The highest BCUT2D eigenvalue weighted by molar-refractivity contribution is 5.82. The maximum Gasteiger partial charge on any atom is 0.134 e. The highest BCUT2D eigenvalue weighted by Gasteiger charge is 2.53. The van der Waals surface area contributed by atoms with Gasteiger partial charge in [-0.3, -0.25) is 0 Å². The summed E-state index contributed by atoms with van der Waals surface area (Å²) in [4.78, 5) is 0. The van der Waals surface area contributed by atoms with Gasteiger partial charge in [-0.1, -0.05) is 18.2 Å². The third kappa shape index (κ3) is 1.99. The molecule has 2 heteroatoms. The minimum Gasteiger partial charge on any atom is -0.461 e. The number of hydrogen-bond acceptors (Lipinski definition) is 2. The van der Waals surface area contributed by atoms with Gasteiger partial charge in [-0.2, -0.15) is 0 Å². The van der Waals surface area contributed by atoms with Crippen molar-refractivity contribution in [3.8, 4) is 0 Å². The number of benzene rings is 1. The molecule has 1 N–H and O–H groups in total. The van der Waals surface area contributed by atoms with Crippen LogP contribution in [0.3, 0.4) is 0 Å². The van der Waals surface area contributed by atoms with Crippen molar-refractivity contribution in [1.82, 2.24) is 5.32 Å². The maximum atomic E-state index is 5.82. The summed E-state index contributed by atoms with van der Waals surface area (Å²) in [6.45, 7) is 4.21. The molecule has 0 aliphatic heterocycles. The van der Waals surface area contributed by atoms with Crippen LogP contribution in [0.25, 0.3) is 11.0 Å². The van der Waals surface area contributed by atoms with Gasteiger partial charge in [0.1, 0.15) is 11.3 Å². The topological polar surface area (TPSA) is 25.2 Å². The molecule has 2 aromatic rings. The Morgan fingerprint density at radius 1 is 1.26 bits per heavy atom. The van der Waals surface area contributed by atoms with Crippen LogP contribution in [0, 0.1) is 18.3 Å². The number of fused-ring (bicyclic) bond motifs is 1. The number of rotatable bonds is 5. The Labute approximate surface area is 114 Å². The quantitative estimate of drug-likeness (QED) is 0.873. The molecular formula is C17H21NO. The number of nitrogens with one attached hydrogen (secondary N) is 1. The lowest BCUT2D eigenvalue weighted by molar-refractivity contribution is 0.402. The first kappa shape index (κ1) is 11.5. The normalized spacial score (nSPS) is 20.9. The largest absolute Gasteiger partial charge is 0.461 e.